The molecule has 0 aliphatic carbocycles. The zero-order valence-electron chi connectivity index (χ0n) is 9.71. The maximum Gasteiger partial charge on any atom is 0.338 e. The Kier molecular flexibility index (Phi) is 5.40. The molecule has 0 bridgehead atoms. The molecule has 0 radical (unpaired) electrons. The minimum Gasteiger partial charge on any atom is -0.566 e. The van der Waals surface area contributed by atoms with E-state index in [-0.39, 0.29) is 12.2 Å². The number of quaternary nitrogens is 1. The van der Waals surface area contributed by atoms with Crippen molar-refractivity contribution in [2.45, 2.75) is 6.92 Å². The van der Waals surface area contributed by atoms with Crippen molar-refractivity contribution >= 4 is 11.8 Å². The third-order valence-electron chi connectivity index (χ3n) is 2.04. The first-order chi connectivity index (χ1) is 8.54. The minimum atomic E-state index is -1.51. The van der Waals surface area contributed by atoms with Gasteiger partial charge in [0.2, 0.25) is 0 Å². The molecule has 0 saturated heterocycles. The van der Waals surface area contributed by atoms with Gasteiger partial charge in [0.1, 0.15) is 0 Å². The summed E-state index contributed by atoms with van der Waals surface area (Å²) in [5.74, 6) is -0.953. The molecule has 7 heteroatoms. The Morgan fingerprint density at radius 1 is 1.28 bits per heavy atom. The van der Waals surface area contributed by atoms with E-state index in [4.69, 9.17) is 9.94 Å². The third-order valence-corrected chi connectivity index (χ3v) is 2.04. The van der Waals surface area contributed by atoms with E-state index in [9.17, 15) is 14.8 Å². The van der Waals surface area contributed by atoms with Crippen LogP contribution >= 0.6 is 0 Å². The number of carbonyl (C=O) groups is 2. The molecule has 0 spiro atoms. The van der Waals surface area contributed by atoms with Gasteiger partial charge in [0.25, 0.3) is 0 Å². The van der Waals surface area contributed by atoms with Crippen LogP contribution in [-0.4, -0.2) is 30.2 Å². The van der Waals surface area contributed by atoms with Crippen molar-refractivity contribution in [1.82, 2.24) is 0 Å². The SMILES string of the molecule is CCOC(=O)c1ccc(C(=O)CO[NH+]([O-])O)cc1. The summed E-state index contributed by atoms with van der Waals surface area (Å²) in [5.41, 5.74) is 0.594. The molecule has 0 aliphatic rings. The predicted molar refractivity (Wildman–Crippen MR) is 58.8 cm³/mol. The highest BCUT2D eigenvalue weighted by molar-refractivity contribution is 5.98. The molecule has 0 saturated carbocycles. The van der Waals surface area contributed by atoms with Crippen LogP contribution in [0.5, 0.6) is 0 Å². The van der Waals surface area contributed by atoms with E-state index in [2.05, 4.69) is 4.84 Å². The average molecular weight is 255 g/mol. The lowest BCUT2D eigenvalue weighted by Crippen LogP contribution is -3.03. The number of hydrogen-bond donors (Lipinski definition) is 2. The second-order valence-electron chi connectivity index (χ2n) is 3.28. The van der Waals surface area contributed by atoms with Gasteiger partial charge >= 0.3 is 5.97 Å². The quantitative estimate of drug-likeness (QED) is 0.413. The average Bonchev–Trinajstić information content (AvgIpc) is 2.36. The molecule has 2 N–H and O–H groups in total. The largest absolute Gasteiger partial charge is 0.566 e. The molecule has 0 fully saturated rings. The van der Waals surface area contributed by atoms with Gasteiger partial charge in [-0.25, -0.2) is 4.79 Å². The molecule has 0 amide bonds. The van der Waals surface area contributed by atoms with Crippen molar-refractivity contribution in [2.75, 3.05) is 13.2 Å². The Bertz CT molecular complexity index is 414. The van der Waals surface area contributed by atoms with E-state index in [0.29, 0.717) is 5.56 Å². The first kappa shape index (κ1) is 14.3. The molecular weight excluding hydrogens is 242 g/mol. The maximum atomic E-state index is 11.5. The number of ether oxygens (including phenoxy) is 1. The van der Waals surface area contributed by atoms with Gasteiger partial charge in [-0.3, -0.25) is 4.79 Å². The van der Waals surface area contributed by atoms with Gasteiger partial charge in [-0.15, -0.1) is 0 Å². The standard InChI is InChI=1S/C11H13NO6/c1-2-17-11(14)9-5-3-8(4-6-9)10(13)7-18-12(15)16/h3-6,12,15H,2,7H2,1H3. The second-order valence-corrected chi connectivity index (χ2v) is 3.28. The molecule has 18 heavy (non-hydrogen) atoms. The third kappa shape index (κ3) is 4.22. The van der Waals surface area contributed by atoms with Gasteiger partial charge in [-0.2, -0.15) is 10.0 Å². The van der Waals surface area contributed by atoms with Crippen LogP contribution in [0.25, 0.3) is 0 Å². The van der Waals surface area contributed by atoms with Crippen LogP contribution in [0.2, 0.25) is 0 Å². The molecule has 98 valence electrons. The van der Waals surface area contributed by atoms with Crippen LogP contribution in [0.15, 0.2) is 24.3 Å². The van der Waals surface area contributed by atoms with Gasteiger partial charge in [0, 0.05) is 5.56 Å². The Hall–Kier alpha value is -1.80. The summed E-state index contributed by atoms with van der Waals surface area (Å²) < 4.78 is 4.78. The zero-order chi connectivity index (χ0) is 13.5. The fourth-order valence-corrected chi connectivity index (χ4v) is 1.22. The molecule has 1 unspecified atom stereocenters. The van der Waals surface area contributed by atoms with Crippen molar-refractivity contribution in [3.63, 3.8) is 0 Å². The predicted octanol–water partition coefficient (Wildman–Crippen LogP) is -0.250. The Labute approximate surface area is 103 Å². The second kappa shape index (κ2) is 6.82. The first-order valence-electron chi connectivity index (χ1n) is 5.20. The molecule has 1 atom stereocenters. The smallest absolute Gasteiger partial charge is 0.338 e. The summed E-state index contributed by atoms with van der Waals surface area (Å²) in [6, 6.07) is 5.71. The molecule has 0 aliphatic heterocycles. The molecule has 1 rings (SSSR count). The van der Waals surface area contributed by atoms with E-state index in [1.807, 2.05) is 0 Å². The summed E-state index contributed by atoms with van der Waals surface area (Å²) >= 11 is 0. The minimum absolute atomic E-state index is 0.268. The van der Waals surface area contributed by atoms with E-state index in [1.54, 1.807) is 6.92 Å². The molecule has 1 aromatic rings. The summed E-state index contributed by atoms with van der Waals surface area (Å²) in [5, 5.41) is 16.9. The van der Waals surface area contributed by atoms with Crippen molar-refractivity contribution in [3.05, 3.63) is 40.6 Å². The lowest BCUT2D eigenvalue weighted by Gasteiger charge is -2.09. The van der Waals surface area contributed by atoms with E-state index in [1.165, 1.54) is 24.3 Å². The Balaban J connectivity index is 2.65. The van der Waals surface area contributed by atoms with Crippen LogP contribution < -0.4 is 5.39 Å². The highest BCUT2D eigenvalue weighted by Gasteiger charge is 2.11. The van der Waals surface area contributed by atoms with Crippen molar-refractivity contribution in [2.24, 2.45) is 0 Å². The Morgan fingerprint density at radius 3 is 2.33 bits per heavy atom. The number of nitrogens with one attached hydrogen (secondary N) is 1. The highest BCUT2D eigenvalue weighted by Crippen LogP contribution is 2.06. The van der Waals surface area contributed by atoms with Gasteiger partial charge in [-0.1, -0.05) is 17.5 Å². The van der Waals surface area contributed by atoms with Crippen LogP contribution in [0.4, 0.5) is 0 Å². The van der Waals surface area contributed by atoms with Crippen molar-refractivity contribution < 1.29 is 29.8 Å². The molecule has 7 nitrogen and oxygen atoms in total. The van der Waals surface area contributed by atoms with Crippen LogP contribution in [0, 0.1) is 5.21 Å². The van der Waals surface area contributed by atoms with E-state index >= 15 is 0 Å². The summed E-state index contributed by atoms with van der Waals surface area (Å²) in [4.78, 5) is 26.9. The maximum absolute atomic E-state index is 11.5. The lowest BCUT2D eigenvalue weighted by atomic mass is 10.1. The van der Waals surface area contributed by atoms with E-state index < -0.39 is 23.7 Å². The van der Waals surface area contributed by atoms with Crippen molar-refractivity contribution in [3.8, 4) is 0 Å². The normalized spacial score (nSPS) is 11.9. The number of Topliss-reactive ketones (excluding diaryl/α,β-unsaturated/α-hetero) is 1. The number of ketones is 1. The number of hydrogen-bond acceptors (Lipinski definition) is 6. The molecule has 0 heterocycles. The Morgan fingerprint density at radius 2 is 1.83 bits per heavy atom. The van der Waals surface area contributed by atoms with Crippen molar-refractivity contribution in [1.29, 1.82) is 0 Å². The number of esters is 1. The molecule has 0 aromatic heterocycles. The molecule has 1 aromatic carbocycles. The van der Waals surface area contributed by atoms with E-state index in [0.717, 1.165) is 0 Å². The van der Waals surface area contributed by atoms with Gasteiger partial charge in [0.05, 0.1) is 12.2 Å². The summed E-state index contributed by atoms with van der Waals surface area (Å²) in [7, 11) is 0. The fraction of sp³-hybridized carbons (Fsp3) is 0.273. The summed E-state index contributed by atoms with van der Waals surface area (Å²) in [6.45, 7) is 1.42. The zero-order valence-corrected chi connectivity index (χ0v) is 9.71. The summed E-state index contributed by atoms with van der Waals surface area (Å²) in [6.07, 6.45) is 0. The number of rotatable bonds is 6. The van der Waals surface area contributed by atoms with Gasteiger partial charge in [0.15, 0.2) is 12.4 Å². The van der Waals surface area contributed by atoms with Gasteiger partial charge in [-0.05, 0) is 19.1 Å². The van der Waals surface area contributed by atoms with Crippen LogP contribution in [0.1, 0.15) is 27.6 Å². The fourth-order valence-electron chi connectivity index (χ4n) is 1.22. The van der Waals surface area contributed by atoms with Gasteiger partial charge < -0.3 is 9.94 Å². The first-order valence-corrected chi connectivity index (χ1v) is 5.20. The highest BCUT2D eigenvalue weighted by atomic mass is 17.1. The van der Waals surface area contributed by atoms with Crippen LogP contribution in [0.3, 0.4) is 0 Å². The lowest BCUT2D eigenvalue weighted by molar-refractivity contribution is -1.20. The molecular formula is C11H13NO6. The monoisotopic (exact) mass is 255 g/mol. The topological polar surface area (TPSA) is 100 Å². The van der Waals surface area contributed by atoms with Crippen LogP contribution in [-0.2, 0) is 9.57 Å². The number of benzene rings is 1. The number of carbonyl (C=O) groups excluding carboxylic acids is 2.